The number of aromatic hydroxyl groups is 2. The molecule has 0 aromatic heterocycles. The molecule has 3 aliphatic heterocycles. The Balaban J connectivity index is 0.000000288. The van der Waals surface area contributed by atoms with E-state index in [9.17, 15) is 68.1 Å². The molecule has 20 nitrogen and oxygen atoms in total. The number of aliphatic hydroxyl groups excluding tert-OH is 1. The van der Waals surface area contributed by atoms with E-state index in [1.54, 1.807) is 66.5 Å². The maximum atomic E-state index is 13.0. The second-order valence-electron chi connectivity index (χ2n) is 25.5. The number of ether oxygens (including phenoxy) is 2. The first kappa shape index (κ1) is 89.2. The SMILES string of the molecule is CC(=O)SCCC(CCCCC(=O)N1CC(C)CC1CCO)SC(C)=O.CSC1CC(NCOC=O)N(C(=O)CCCCC(CCSC(=O)c2ccc(O)cc2)SC(=O)c2ccc(O)cc2)C1.CSC1CC(OC=O)N(C(=O)CCCCC(CCSC(=O)c2ccccc2)SC(=O)c2ccccc2)C1. The third kappa shape index (κ3) is 34.2. The number of nitrogens with one attached hydrogen (secondary N) is 1. The van der Waals surface area contributed by atoms with E-state index in [1.165, 1.54) is 94.8 Å². The second-order valence-corrected chi connectivity index (χ2v) is 35.2. The average molecular weight is 1580 g/mol. The molecule has 3 fully saturated rings. The summed E-state index contributed by atoms with van der Waals surface area (Å²) in [5.41, 5.74) is 2.35. The fourth-order valence-corrected chi connectivity index (χ4v) is 19.6. The Morgan fingerprint density at radius 2 is 0.933 bits per heavy atom. The van der Waals surface area contributed by atoms with Gasteiger partial charge in [-0.1, -0.05) is 157 Å². The lowest BCUT2D eigenvalue weighted by atomic mass is 10.1. The zero-order valence-corrected chi connectivity index (χ0v) is 66.6. The molecule has 28 heteroatoms. The van der Waals surface area contributed by atoms with Crippen molar-refractivity contribution in [3.05, 3.63) is 131 Å². The zero-order chi connectivity index (χ0) is 75.6. The molecule has 3 saturated heterocycles. The summed E-state index contributed by atoms with van der Waals surface area (Å²) in [5.74, 6) is 2.82. The molecule has 4 aromatic carbocycles. The molecule has 570 valence electrons. The van der Waals surface area contributed by atoms with Crippen LogP contribution < -0.4 is 5.32 Å². The summed E-state index contributed by atoms with van der Waals surface area (Å²) in [6.07, 6.45) is 17.0. The lowest BCUT2D eigenvalue weighted by molar-refractivity contribution is -0.150. The van der Waals surface area contributed by atoms with Gasteiger partial charge in [0.15, 0.2) is 16.5 Å². The van der Waals surface area contributed by atoms with Crippen molar-refractivity contribution >= 4 is 155 Å². The third-order valence-corrected chi connectivity index (χ3v) is 26.0. The van der Waals surface area contributed by atoms with Crippen LogP contribution in [0.15, 0.2) is 109 Å². The van der Waals surface area contributed by atoms with Gasteiger partial charge in [-0.2, -0.15) is 23.5 Å². The van der Waals surface area contributed by atoms with Gasteiger partial charge < -0.3 is 39.5 Å². The Labute approximate surface area is 647 Å². The van der Waals surface area contributed by atoms with Crippen molar-refractivity contribution in [1.29, 1.82) is 0 Å². The zero-order valence-electron chi connectivity index (χ0n) is 60.1. The molecule has 3 amide bonds. The molecule has 104 heavy (non-hydrogen) atoms. The minimum absolute atomic E-state index is 0.00280. The van der Waals surface area contributed by atoms with Crippen molar-refractivity contribution in [2.24, 2.45) is 5.92 Å². The number of amides is 3. The van der Waals surface area contributed by atoms with Gasteiger partial charge in [-0.25, -0.2) is 0 Å². The number of rotatable bonds is 41. The van der Waals surface area contributed by atoms with Crippen LogP contribution >= 0.6 is 94.1 Å². The van der Waals surface area contributed by atoms with E-state index in [1.807, 2.05) is 83.0 Å². The van der Waals surface area contributed by atoms with Crippen molar-refractivity contribution in [3.8, 4) is 11.5 Å². The van der Waals surface area contributed by atoms with Gasteiger partial charge in [0.1, 0.15) is 18.2 Å². The van der Waals surface area contributed by atoms with E-state index >= 15 is 0 Å². The first-order valence-electron chi connectivity index (χ1n) is 35.3. The molecule has 0 bridgehead atoms. The van der Waals surface area contributed by atoms with Crippen LogP contribution in [0.25, 0.3) is 0 Å². The summed E-state index contributed by atoms with van der Waals surface area (Å²) < 4.78 is 9.89. The molecule has 9 unspecified atom stereocenters. The Bertz CT molecular complexity index is 3290. The van der Waals surface area contributed by atoms with Gasteiger partial charge in [0.05, 0.1) is 6.17 Å². The molecular weight excluding hydrogens is 1480 g/mol. The number of phenols is 2. The number of nitrogens with zero attached hydrogens (tertiary/aromatic N) is 3. The fourth-order valence-electron chi connectivity index (χ4n) is 12.1. The van der Waals surface area contributed by atoms with E-state index in [-0.39, 0.29) is 106 Å². The fraction of sp³-hybridized carbons (Fsp3) is 0.539. The van der Waals surface area contributed by atoms with Crippen LogP contribution in [-0.2, 0) is 43.0 Å². The van der Waals surface area contributed by atoms with Gasteiger partial charge >= 0.3 is 0 Å². The number of benzene rings is 4. The molecule has 0 radical (unpaired) electrons. The van der Waals surface area contributed by atoms with Gasteiger partial charge in [-0.05, 0) is 144 Å². The van der Waals surface area contributed by atoms with Crippen LogP contribution in [0.5, 0.6) is 11.5 Å². The highest BCUT2D eigenvalue weighted by molar-refractivity contribution is 8.16. The molecule has 4 aromatic rings. The third-order valence-electron chi connectivity index (χ3n) is 17.6. The standard InChI is InChI=1S/C29H36N2O7S3.C28H33NO5S3.C19H33NO4S2/c1-39-25-16-26(30-18-38-19-32)31(17-25)27(35)5-3-2-4-24(41-29(37)21-8-12-23(34)13-9-21)14-15-40-28(36)20-6-10-22(33)11-7-20;1-35-24-18-26(34-20-30)29(19-24)25(31)15-9-8-14-23(37-28(33)22-12-6-3-7-13-22)16-17-36-27(32)21-10-4-2-5-11-21;1-14-12-17(8-10-21)20(13-14)19(24)7-5-4-6-18(26-16(3)23)9-11-25-15(2)22/h6-13,19,24-26,30,33-34H,2-5,14-18H2,1H3;2-7,10-13,20,23-24,26H,8-9,14-19H2,1H3;14,17-18,21H,4-13H2,1-3H3. The van der Waals surface area contributed by atoms with E-state index in [4.69, 9.17) is 9.47 Å². The monoisotopic (exact) mass is 1580 g/mol. The quantitative estimate of drug-likeness (QED) is 0.0182. The maximum absolute atomic E-state index is 13.0. The van der Waals surface area contributed by atoms with Crippen LogP contribution in [0.3, 0.4) is 0 Å². The lowest BCUT2D eigenvalue weighted by Crippen LogP contribution is -2.45. The lowest BCUT2D eigenvalue weighted by Gasteiger charge is -2.25. The molecule has 0 spiro atoms. The predicted octanol–water partition coefficient (Wildman–Crippen LogP) is 14.3. The molecular formula is C76H102N4O16S8. The Morgan fingerprint density at radius 1 is 0.500 bits per heavy atom. The Morgan fingerprint density at radius 3 is 1.39 bits per heavy atom. The van der Waals surface area contributed by atoms with E-state index in [0.717, 1.165) is 76.5 Å². The Kier molecular flexibility index (Phi) is 43.7. The minimum atomic E-state index is -0.478. The van der Waals surface area contributed by atoms with Crippen molar-refractivity contribution in [3.63, 3.8) is 0 Å². The summed E-state index contributed by atoms with van der Waals surface area (Å²) in [7, 11) is 0. The number of aliphatic hydroxyl groups is 1. The predicted molar refractivity (Wildman–Crippen MR) is 427 cm³/mol. The number of phenolic OH excluding ortho intramolecular Hbond substituents is 2. The number of unbranched alkanes of at least 4 members (excludes halogenated alkanes) is 3. The number of thioether (sulfide) groups is 8. The van der Waals surface area contributed by atoms with Crippen LogP contribution in [0.1, 0.15) is 184 Å². The second kappa shape index (κ2) is 51.0. The van der Waals surface area contributed by atoms with Gasteiger partial charge in [-0.3, -0.25) is 58.1 Å². The molecule has 9 atom stereocenters. The summed E-state index contributed by atoms with van der Waals surface area (Å²) in [4.78, 5) is 138. The summed E-state index contributed by atoms with van der Waals surface area (Å²) in [5, 5.41) is 32.2. The van der Waals surface area contributed by atoms with Gasteiger partial charge in [-0.15, -0.1) is 0 Å². The van der Waals surface area contributed by atoms with Gasteiger partial charge in [0.25, 0.3) is 12.9 Å². The largest absolute Gasteiger partial charge is 0.508 e. The van der Waals surface area contributed by atoms with Crippen molar-refractivity contribution in [2.75, 3.05) is 62.7 Å². The summed E-state index contributed by atoms with van der Waals surface area (Å²) >= 11 is 11.1. The van der Waals surface area contributed by atoms with Crippen LogP contribution in [0.2, 0.25) is 0 Å². The molecule has 7 rings (SSSR count). The molecule has 4 N–H and O–H groups in total. The highest BCUT2D eigenvalue weighted by Crippen LogP contribution is 2.34. The number of hydrogen-bond donors (Lipinski definition) is 4. The maximum Gasteiger partial charge on any atom is 0.295 e. The summed E-state index contributed by atoms with van der Waals surface area (Å²) in [6.45, 7) is 8.31. The normalized spacial score (nSPS) is 18.4. The van der Waals surface area contributed by atoms with Crippen LogP contribution in [0.4, 0.5) is 0 Å². The topological polar surface area (TPSA) is 289 Å². The first-order valence-corrected chi connectivity index (χ1v) is 43.5. The van der Waals surface area contributed by atoms with Crippen molar-refractivity contribution in [2.45, 2.75) is 187 Å². The van der Waals surface area contributed by atoms with E-state index in [0.29, 0.717) is 129 Å². The van der Waals surface area contributed by atoms with Gasteiger partial charge in [0, 0.05) is 138 Å². The Hall–Kier alpha value is -5.43. The number of carbonyl (C=O) groups excluding carboxylic acids is 11. The smallest absolute Gasteiger partial charge is 0.295 e. The minimum Gasteiger partial charge on any atom is -0.508 e. The molecule has 3 heterocycles. The number of likely N-dealkylation sites (tertiary alicyclic amines) is 3. The highest BCUT2D eigenvalue weighted by atomic mass is 32.2. The number of carbonyl (C=O) groups is 11. The number of hydrogen-bond acceptors (Lipinski definition) is 25. The molecule has 0 saturated carbocycles. The van der Waals surface area contributed by atoms with Crippen LogP contribution in [0, 0.1) is 5.92 Å². The summed E-state index contributed by atoms with van der Waals surface area (Å²) in [6, 6.07) is 30.9. The first-order chi connectivity index (χ1) is 50.1. The van der Waals surface area contributed by atoms with E-state index < -0.39 is 6.23 Å². The van der Waals surface area contributed by atoms with Gasteiger partial charge in [0.2, 0.25) is 38.2 Å². The average Bonchev–Trinajstić information content (AvgIpc) is 1.71. The van der Waals surface area contributed by atoms with Crippen molar-refractivity contribution in [1.82, 2.24) is 20.0 Å². The van der Waals surface area contributed by atoms with Crippen molar-refractivity contribution < 1.29 is 77.5 Å². The molecule has 0 aliphatic carbocycles. The highest BCUT2D eigenvalue weighted by Gasteiger charge is 2.37. The van der Waals surface area contributed by atoms with Crippen LogP contribution in [-0.4, -0.2) is 199 Å². The van der Waals surface area contributed by atoms with E-state index in [2.05, 4.69) is 12.2 Å². The molecule has 3 aliphatic rings.